The highest BCUT2D eigenvalue weighted by Gasteiger charge is 2.44. The third-order valence-corrected chi connectivity index (χ3v) is 5.86. The first-order valence-electron chi connectivity index (χ1n) is 6.98. The monoisotopic (exact) mass is 319 g/mol. The van der Waals surface area contributed by atoms with Gasteiger partial charge in [-0.05, 0) is 55.4 Å². The van der Waals surface area contributed by atoms with E-state index < -0.39 is 28.8 Å². The van der Waals surface area contributed by atoms with E-state index in [0.717, 1.165) is 30.4 Å². The van der Waals surface area contributed by atoms with Crippen molar-refractivity contribution in [2.45, 2.75) is 49.2 Å². The van der Waals surface area contributed by atoms with Crippen LogP contribution < -0.4 is 0 Å². The van der Waals surface area contributed by atoms with E-state index in [4.69, 9.17) is 0 Å². The summed E-state index contributed by atoms with van der Waals surface area (Å²) in [7, 11) is -4.08. The Balaban J connectivity index is 1.94. The number of hydrogen-bond donors (Lipinski definition) is 0. The van der Waals surface area contributed by atoms with Gasteiger partial charge in [-0.1, -0.05) is 6.07 Å². The Labute approximate surface area is 121 Å². The number of fused-ring (bicyclic) bond motifs is 1. The number of aryl methyl sites for hydroxylation is 2. The van der Waals surface area contributed by atoms with E-state index >= 15 is 0 Å². The van der Waals surface area contributed by atoms with Crippen molar-refractivity contribution in [3.8, 4) is 0 Å². The number of alkyl halides is 3. The Morgan fingerprint density at radius 1 is 1.14 bits per heavy atom. The summed E-state index contributed by atoms with van der Waals surface area (Å²) in [6.07, 6.45) is -0.855. The minimum absolute atomic E-state index is 0.0145. The maximum absolute atomic E-state index is 12.7. The van der Waals surface area contributed by atoms with E-state index in [1.165, 1.54) is 6.07 Å². The van der Waals surface area contributed by atoms with Crippen molar-refractivity contribution in [1.82, 2.24) is 4.31 Å². The van der Waals surface area contributed by atoms with Crippen molar-refractivity contribution < 1.29 is 21.6 Å². The summed E-state index contributed by atoms with van der Waals surface area (Å²) in [4.78, 5) is -0.0145. The van der Waals surface area contributed by atoms with Gasteiger partial charge in [-0.25, -0.2) is 8.42 Å². The van der Waals surface area contributed by atoms with Gasteiger partial charge in [-0.3, -0.25) is 0 Å². The maximum atomic E-state index is 12.7. The van der Waals surface area contributed by atoms with Crippen molar-refractivity contribution >= 4 is 10.0 Å². The van der Waals surface area contributed by atoms with Crippen LogP contribution in [0.3, 0.4) is 0 Å². The molecule has 3 rings (SSSR count). The van der Waals surface area contributed by atoms with E-state index in [-0.39, 0.29) is 4.90 Å². The number of nitrogens with zero attached hydrogens (tertiary/aromatic N) is 1. The molecule has 0 bridgehead atoms. The molecule has 2 aliphatic carbocycles. The van der Waals surface area contributed by atoms with Gasteiger partial charge < -0.3 is 0 Å². The number of sulfonamides is 1. The molecule has 0 unspecified atom stereocenters. The molecule has 116 valence electrons. The molecule has 0 radical (unpaired) electrons. The van der Waals surface area contributed by atoms with Crippen LogP contribution in [-0.4, -0.2) is 31.5 Å². The Kier molecular flexibility index (Phi) is 3.52. The molecule has 2 aliphatic rings. The molecular weight excluding hydrogens is 303 g/mol. The molecule has 1 fully saturated rings. The van der Waals surface area contributed by atoms with Gasteiger partial charge in [0.05, 0.1) is 4.90 Å². The molecule has 7 heteroatoms. The first-order chi connectivity index (χ1) is 9.77. The summed E-state index contributed by atoms with van der Waals surface area (Å²) in [5.74, 6) is 0. The Hall–Kier alpha value is -1.08. The normalized spacial score (nSPS) is 19.0. The minimum Gasteiger partial charge on any atom is -0.207 e. The van der Waals surface area contributed by atoms with Gasteiger partial charge in [0, 0.05) is 6.04 Å². The fourth-order valence-electron chi connectivity index (χ4n) is 2.79. The second-order valence-electron chi connectivity index (χ2n) is 5.68. The molecule has 0 N–H and O–H groups in total. The fourth-order valence-corrected chi connectivity index (χ4v) is 4.52. The van der Waals surface area contributed by atoms with Gasteiger partial charge in [-0.15, -0.1) is 0 Å². The molecule has 0 amide bonds. The fraction of sp³-hybridized carbons (Fsp3) is 0.571. The average molecular weight is 319 g/mol. The summed E-state index contributed by atoms with van der Waals surface area (Å²) >= 11 is 0. The number of rotatable bonds is 4. The van der Waals surface area contributed by atoms with Crippen LogP contribution in [0.4, 0.5) is 13.2 Å². The van der Waals surface area contributed by atoms with Crippen LogP contribution >= 0.6 is 0 Å². The molecule has 0 aromatic heterocycles. The van der Waals surface area contributed by atoms with Gasteiger partial charge in [0.25, 0.3) is 0 Å². The Morgan fingerprint density at radius 2 is 1.81 bits per heavy atom. The van der Waals surface area contributed by atoms with Crippen LogP contribution in [0.25, 0.3) is 0 Å². The molecule has 0 saturated heterocycles. The predicted octanol–water partition coefficient (Wildman–Crippen LogP) is 2.89. The zero-order chi connectivity index (χ0) is 15.3. The van der Waals surface area contributed by atoms with Crippen LogP contribution in [0.15, 0.2) is 23.1 Å². The number of benzene rings is 1. The largest absolute Gasteiger partial charge is 0.402 e. The smallest absolute Gasteiger partial charge is 0.207 e. The molecule has 21 heavy (non-hydrogen) atoms. The van der Waals surface area contributed by atoms with Crippen molar-refractivity contribution in [2.75, 3.05) is 6.54 Å². The molecule has 0 heterocycles. The van der Waals surface area contributed by atoms with Crippen LogP contribution in [0.2, 0.25) is 0 Å². The van der Waals surface area contributed by atoms with E-state index in [0.29, 0.717) is 17.1 Å². The van der Waals surface area contributed by atoms with Crippen LogP contribution in [0.5, 0.6) is 0 Å². The van der Waals surface area contributed by atoms with E-state index in [2.05, 4.69) is 0 Å². The molecule has 1 saturated carbocycles. The molecule has 0 spiro atoms. The van der Waals surface area contributed by atoms with Crippen LogP contribution in [-0.2, 0) is 22.9 Å². The topological polar surface area (TPSA) is 37.4 Å². The summed E-state index contributed by atoms with van der Waals surface area (Å²) in [6.45, 7) is -1.41. The highest BCUT2D eigenvalue weighted by atomic mass is 32.2. The third kappa shape index (κ3) is 3.08. The lowest BCUT2D eigenvalue weighted by atomic mass is 10.1. The summed E-state index contributed by atoms with van der Waals surface area (Å²) in [6, 6.07) is 4.20. The first kappa shape index (κ1) is 14.8. The van der Waals surface area contributed by atoms with Crippen molar-refractivity contribution in [1.29, 1.82) is 0 Å². The Morgan fingerprint density at radius 3 is 2.43 bits per heavy atom. The Bertz CT molecular complexity index is 651. The molecule has 3 nitrogen and oxygen atoms in total. The quantitative estimate of drug-likeness (QED) is 0.856. The van der Waals surface area contributed by atoms with E-state index in [9.17, 15) is 21.6 Å². The molecule has 0 aliphatic heterocycles. The number of halogens is 3. The minimum atomic E-state index is -4.52. The van der Waals surface area contributed by atoms with E-state index in [1.807, 2.05) is 0 Å². The number of hydrogen-bond acceptors (Lipinski definition) is 2. The van der Waals surface area contributed by atoms with Gasteiger partial charge in [0.1, 0.15) is 6.54 Å². The molecule has 0 atom stereocenters. The lowest BCUT2D eigenvalue weighted by molar-refractivity contribution is -0.137. The lowest BCUT2D eigenvalue weighted by Gasteiger charge is -2.23. The van der Waals surface area contributed by atoms with E-state index in [1.54, 1.807) is 12.1 Å². The summed E-state index contributed by atoms with van der Waals surface area (Å²) in [5, 5.41) is 0. The second kappa shape index (κ2) is 4.98. The average Bonchev–Trinajstić information content (AvgIpc) is 3.11. The molecule has 1 aromatic carbocycles. The highest BCUT2D eigenvalue weighted by Crippen LogP contribution is 2.35. The standard InChI is InChI=1S/C14H16F3NO2S/c15-14(16,17)9-18(12-5-6-12)21(19,20)13-7-4-10-2-1-3-11(10)8-13/h4,7-8,12H,1-3,5-6,9H2. The zero-order valence-corrected chi connectivity index (χ0v) is 12.2. The van der Waals surface area contributed by atoms with Crippen LogP contribution in [0, 0.1) is 0 Å². The van der Waals surface area contributed by atoms with Gasteiger partial charge in [-0.2, -0.15) is 17.5 Å². The van der Waals surface area contributed by atoms with Gasteiger partial charge in [0.2, 0.25) is 10.0 Å². The summed E-state index contributed by atoms with van der Waals surface area (Å²) < 4.78 is 63.6. The lowest BCUT2D eigenvalue weighted by Crippen LogP contribution is -2.40. The predicted molar refractivity (Wildman–Crippen MR) is 71.4 cm³/mol. The maximum Gasteiger partial charge on any atom is 0.402 e. The van der Waals surface area contributed by atoms with Crippen LogP contribution in [0.1, 0.15) is 30.4 Å². The zero-order valence-electron chi connectivity index (χ0n) is 11.4. The summed E-state index contributed by atoms with van der Waals surface area (Å²) in [5.41, 5.74) is 2.04. The van der Waals surface area contributed by atoms with Crippen molar-refractivity contribution in [2.24, 2.45) is 0 Å². The molecule has 1 aromatic rings. The first-order valence-corrected chi connectivity index (χ1v) is 8.42. The third-order valence-electron chi connectivity index (χ3n) is 3.97. The SMILES string of the molecule is O=S(=O)(c1ccc2c(c1)CCC2)N(CC(F)(F)F)C1CC1. The van der Waals surface area contributed by atoms with Gasteiger partial charge in [0.15, 0.2) is 0 Å². The second-order valence-corrected chi connectivity index (χ2v) is 7.57. The molecular formula is C14H16F3NO2S. The van der Waals surface area contributed by atoms with Crippen molar-refractivity contribution in [3.05, 3.63) is 29.3 Å². The van der Waals surface area contributed by atoms with Gasteiger partial charge >= 0.3 is 6.18 Å². The van der Waals surface area contributed by atoms with Crippen molar-refractivity contribution in [3.63, 3.8) is 0 Å². The highest BCUT2D eigenvalue weighted by molar-refractivity contribution is 7.89.